The molecule has 0 bridgehead atoms. The number of anilines is 2. The van der Waals surface area contributed by atoms with Crippen LogP contribution in [0.25, 0.3) is 0 Å². The molecule has 0 aromatic carbocycles. The highest BCUT2D eigenvalue weighted by molar-refractivity contribution is 6.17. The number of amides is 4. The largest absolute Gasteiger partial charge is 0.274 e. The second-order valence-electron chi connectivity index (χ2n) is 12.7. The lowest BCUT2D eigenvalue weighted by Crippen LogP contribution is -2.47. The minimum atomic E-state index is -0.185. The molecule has 4 saturated carbocycles. The number of pyridine rings is 1. The van der Waals surface area contributed by atoms with Gasteiger partial charge in [0.1, 0.15) is 11.6 Å². The predicted octanol–water partition coefficient (Wildman–Crippen LogP) is 7.12. The summed E-state index contributed by atoms with van der Waals surface area (Å²) in [6.07, 6.45) is 18.8. The van der Waals surface area contributed by atoms with E-state index in [1.54, 1.807) is 18.2 Å². The van der Waals surface area contributed by atoms with Gasteiger partial charge in [0.25, 0.3) is 0 Å². The molecule has 0 radical (unpaired) electrons. The Labute approximate surface area is 239 Å². The van der Waals surface area contributed by atoms with Crippen molar-refractivity contribution in [2.24, 2.45) is 23.7 Å². The second-order valence-corrected chi connectivity index (χ2v) is 12.7. The van der Waals surface area contributed by atoms with Crippen LogP contribution in [0.5, 0.6) is 0 Å². The van der Waals surface area contributed by atoms with Crippen molar-refractivity contribution < 1.29 is 19.2 Å². The number of hydrogen-bond acceptors (Lipinski definition) is 5. The van der Waals surface area contributed by atoms with Crippen LogP contribution in [0.2, 0.25) is 0 Å². The fourth-order valence-corrected chi connectivity index (χ4v) is 7.46. The van der Waals surface area contributed by atoms with Gasteiger partial charge in [-0.1, -0.05) is 83.1 Å². The molecular formula is C33H47N3O4. The van der Waals surface area contributed by atoms with Crippen LogP contribution in [-0.4, -0.2) is 28.6 Å². The Morgan fingerprint density at radius 1 is 0.450 bits per heavy atom. The second kappa shape index (κ2) is 13.9. The molecule has 4 aliphatic rings. The lowest BCUT2D eigenvalue weighted by Gasteiger charge is -2.33. The van der Waals surface area contributed by atoms with E-state index in [1.807, 2.05) is 0 Å². The van der Waals surface area contributed by atoms with Crippen molar-refractivity contribution in [3.05, 3.63) is 18.2 Å². The lowest BCUT2D eigenvalue weighted by molar-refractivity contribution is -0.133. The van der Waals surface area contributed by atoms with E-state index in [0.29, 0.717) is 0 Å². The van der Waals surface area contributed by atoms with E-state index in [1.165, 1.54) is 9.80 Å². The van der Waals surface area contributed by atoms with E-state index in [0.717, 1.165) is 128 Å². The number of hydrogen-bond donors (Lipinski definition) is 0. The van der Waals surface area contributed by atoms with Crippen molar-refractivity contribution in [2.75, 3.05) is 9.80 Å². The van der Waals surface area contributed by atoms with Gasteiger partial charge in [-0.25, -0.2) is 14.8 Å². The zero-order valence-corrected chi connectivity index (χ0v) is 24.2. The minimum Gasteiger partial charge on any atom is -0.274 e. The third-order valence-electron chi connectivity index (χ3n) is 9.88. The van der Waals surface area contributed by atoms with E-state index < -0.39 is 0 Å². The lowest BCUT2D eigenvalue weighted by atomic mass is 9.86. The summed E-state index contributed by atoms with van der Waals surface area (Å²) in [5, 5.41) is 0. The molecule has 218 valence electrons. The maximum absolute atomic E-state index is 13.9. The first-order valence-corrected chi connectivity index (χ1v) is 16.3. The molecule has 1 heterocycles. The molecule has 5 rings (SSSR count). The fraction of sp³-hybridized carbons (Fsp3) is 0.727. The average molecular weight is 550 g/mol. The van der Waals surface area contributed by atoms with Crippen LogP contribution in [0, 0.1) is 23.7 Å². The zero-order valence-electron chi connectivity index (χ0n) is 24.2. The molecule has 1 aromatic rings. The monoisotopic (exact) mass is 549 g/mol. The third-order valence-corrected chi connectivity index (χ3v) is 9.88. The number of carbonyl (C=O) groups excluding carboxylic acids is 4. The summed E-state index contributed by atoms with van der Waals surface area (Å²) in [5.41, 5.74) is 0. The van der Waals surface area contributed by atoms with Crippen molar-refractivity contribution in [2.45, 2.75) is 128 Å². The Morgan fingerprint density at radius 2 is 0.700 bits per heavy atom. The number of carbonyl (C=O) groups is 4. The van der Waals surface area contributed by atoms with Crippen LogP contribution in [0.1, 0.15) is 128 Å². The van der Waals surface area contributed by atoms with E-state index in [2.05, 4.69) is 0 Å². The molecule has 1 aromatic heterocycles. The molecule has 0 atom stereocenters. The van der Waals surface area contributed by atoms with Crippen molar-refractivity contribution in [1.29, 1.82) is 0 Å². The Bertz CT molecular complexity index is 908. The zero-order chi connectivity index (χ0) is 27.9. The highest BCUT2D eigenvalue weighted by Gasteiger charge is 2.39. The van der Waals surface area contributed by atoms with Crippen LogP contribution >= 0.6 is 0 Å². The first kappa shape index (κ1) is 28.9. The van der Waals surface area contributed by atoms with Gasteiger partial charge in [0, 0.05) is 23.7 Å². The topological polar surface area (TPSA) is 87.7 Å². The molecule has 4 aliphatic carbocycles. The van der Waals surface area contributed by atoms with Crippen molar-refractivity contribution in [1.82, 2.24) is 4.98 Å². The third kappa shape index (κ3) is 6.66. The van der Waals surface area contributed by atoms with Crippen molar-refractivity contribution >= 4 is 35.3 Å². The molecular weight excluding hydrogens is 502 g/mol. The number of nitrogens with zero attached hydrogens (tertiary/aromatic N) is 3. The van der Waals surface area contributed by atoms with Gasteiger partial charge in [-0.15, -0.1) is 0 Å². The summed E-state index contributed by atoms with van der Waals surface area (Å²) < 4.78 is 0. The highest BCUT2D eigenvalue weighted by Crippen LogP contribution is 2.34. The Kier molecular flexibility index (Phi) is 10.0. The van der Waals surface area contributed by atoms with Crippen molar-refractivity contribution in [3.8, 4) is 0 Å². The van der Waals surface area contributed by atoms with E-state index in [-0.39, 0.29) is 58.9 Å². The molecule has 4 fully saturated rings. The van der Waals surface area contributed by atoms with Crippen LogP contribution in [0.3, 0.4) is 0 Å². The molecule has 40 heavy (non-hydrogen) atoms. The van der Waals surface area contributed by atoms with Gasteiger partial charge >= 0.3 is 0 Å². The fourth-order valence-electron chi connectivity index (χ4n) is 7.46. The van der Waals surface area contributed by atoms with Gasteiger partial charge < -0.3 is 0 Å². The van der Waals surface area contributed by atoms with E-state index >= 15 is 0 Å². The minimum absolute atomic E-state index is 0.163. The Balaban J connectivity index is 1.49. The Morgan fingerprint density at radius 3 is 0.950 bits per heavy atom. The van der Waals surface area contributed by atoms with Crippen molar-refractivity contribution in [3.63, 3.8) is 0 Å². The average Bonchev–Trinajstić information content (AvgIpc) is 3.03. The number of rotatable bonds is 6. The molecule has 0 saturated heterocycles. The van der Waals surface area contributed by atoms with Crippen LogP contribution in [0.15, 0.2) is 18.2 Å². The summed E-state index contributed by atoms with van der Waals surface area (Å²) in [6, 6.07) is 5.17. The first-order chi connectivity index (χ1) is 19.5. The smallest absolute Gasteiger partial charge is 0.238 e. The predicted molar refractivity (Wildman–Crippen MR) is 156 cm³/mol. The molecule has 7 nitrogen and oxygen atoms in total. The van der Waals surface area contributed by atoms with Gasteiger partial charge in [-0.2, -0.15) is 0 Å². The molecule has 0 spiro atoms. The molecule has 7 heteroatoms. The summed E-state index contributed by atoms with van der Waals surface area (Å²) in [5.74, 6) is -0.861. The summed E-state index contributed by atoms with van der Waals surface area (Å²) in [6.45, 7) is 0. The number of aromatic nitrogens is 1. The highest BCUT2D eigenvalue weighted by atomic mass is 16.2. The summed E-state index contributed by atoms with van der Waals surface area (Å²) >= 11 is 0. The van der Waals surface area contributed by atoms with Crippen LogP contribution in [0.4, 0.5) is 11.6 Å². The van der Waals surface area contributed by atoms with Gasteiger partial charge in [0.05, 0.1) is 0 Å². The standard InChI is InChI=1S/C33H47N3O4/c37-30(24-14-5-1-6-15-24)35(31(38)25-16-7-2-8-17-25)28-22-13-23-29(34-28)36(32(39)26-18-9-3-10-19-26)33(40)27-20-11-4-12-21-27/h13,22-27H,1-12,14-21H2. The Hall–Kier alpha value is -2.57. The number of imide groups is 2. The SMILES string of the molecule is O=C(C1CCCCC1)N(C(=O)C1CCCCC1)c1cccc(N(C(=O)C2CCCCC2)C(=O)C2CCCCC2)n1. The summed E-state index contributed by atoms with van der Waals surface area (Å²) in [4.78, 5) is 63.3. The van der Waals surface area contributed by atoms with E-state index in [4.69, 9.17) is 4.98 Å². The normalized spacial score (nSPS) is 22.0. The maximum atomic E-state index is 13.9. The molecule has 0 aliphatic heterocycles. The van der Waals surface area contributed by atoms with Gasteiger partial charge in [-0.3, -0.25) is 19.2 Å². The van der Waals surface area contributed by atoms with Gasteiger partial charge in [-0.05, 0) is 63.5 Å². The van der Waals surface area contributed by atoms with Gasteiger partial charge in [0.15, 0.2) is 0 Å². The summed E-state index contributed by atoms with van der Waals surface area (Å²) in [7, 11) is 0. The van der Waals surface area contributed by atoms with Crippen LogP contribution in [-0.2, 0) is 19.2 Å². The maximum Gasteiger partial charge on any atom is 0.238 e. The molecule has 0 N–H and O–H groups in total. The van der Waals surface area contributed by atoms with Crippen LogP contribution < -0.4 is 9.80 Å². The van der Waals surface area contributed by atoms with Gasteiger partial charge in [0.2, 0.25) is 23.6 Å². The molecule has 4 amide bonds. The first-order valence-electron chi connectivity index (χ1n) is 16.3. The molecule has 0 unspecified atom stereocenters. The van der Waals surface area contributed by atoms with E-state index in [9.17, 15) is 19.2 Å². The quantitative estimate of drug-likeness (QED) is 0.353.